The minimum atomic E-state index is 0.205. The van der Waals surface area contributed by atoms with E-state index in [0.29, 0.717) is 31.3 Å². The predicted molar refractivity (Wildman–Crippen MR) is 74.0 cm³/mol. The van der Waals surface area contributed by atoms with Gasteiger partial charge < -0.3 is 15.8 Å². The van der Waals surface area contributed by atoms with Crippen LogP contribution in [0.25, 0.3) is 0 Å². The van der Waals surface area contributed by atoms with Gasteiger partial charge in [-0.2, -0.15) is 0 Å². The van der Waals surface area contributed by atoms with E-state index in [0.717, 1.165) is 12.8 Å². The second-order valence-electron chi connectivity index (χ2n) is 5.87. The average molecular weight is 267 g/mol. The zero-order chi connectivity index (χ0) is 13.7. The molecule has 108 valence electrons. The van der Waals surface area contributed by atoms with Gasteiger partial charge in [-0.3, -0.25) is 4.79 Å². The summed E-state index contributed by atoms with van der Waals surface area (Å²) in [5.74, 6) is 1.04. The number of nitrogens with two attached hydrogens (primary N) is 1. The molecule has 0 unspecified atom stereocenters. The van der Waals surface area contributed by atoms with Crippen LogP contribution in [0.1, 0.15) is 57.8 Å². The van der Waals surface area contributed by atoms with Crippen LogP contribution in [0.4, 0.5) is 0 Å². The standard InChI is InChI=1S/C14H25N3O2/c15-13(16-19)8-9-17(12-6-7-12)14(18)10-11-4-2-1-3-5-11/h11-12,19H,1-10H2,(H2,15,16). The molecule has 0 bridgehead atoms. The molecule has 0 aromatic carbocycles. The lowest BCUT2D eigenvalue weighted by Gasteiger charge is -2.26. The fraction of sp³-hybridized carbons (Fsp3) is 0.857. The molecule has 19 heavy (non-hydrogen) atoms. The minimum absolute atomic E-state index is 0.205. The van der Waals surface area contributed by atoms with Gasteiger partial charge in [-0.15, -0.1) is 0 Å². The van der Waals surface area contributed by atoms with E-state index < -0.39 is 0 Å². The van der Waals surface area contributed by atoms with Crippen molar-refractivity contribution >= 4 is 11.7 Å². The van der Waals surface area contributed by atoms with Crippen molar-refractivity contribution in [1.29, 1.82) is 0 Å². The first kappa shape index (κ1) is 14.2. The number of amidine groups is 1. The number of hydrogen-bond donors (Lipinski definition) is 2. The Morgan fingerprint density at radius 2 is 1.89 bits per heavy atom. The minimum Gasteiger partial charge on any atom is -0.409 e. The molecule has 0 aromatic rings. The molecule has 5 heteroatoms. The second kappa shape index (κ2) is 6.78. The molecule has 2 aliphatic carbocycles. The summed E-state index contributed by atoms with van der Waals surface area (Å²) < 4.78 is 0. The van der Waals surface area contributed by atoms with Gasteiger partial charge in [0.15, 0.2) is 0 Å². The third-order valence-electron chi connectivity index (χ3n) is 4.23. The molecule has 0 aliphatic heterocycles. The Bertz CT molecular complexity index is 334. The second-order valence-corrected chi connectivity index (χ2v) is 5.87. The van der Waals surface area contributed by atoms with Crippen LogP contribution in [-0.2, 0) is 4.79 Å². The molecule has 5 nitrogen and oxygen atoms in total. The van der Waals surface area contributed by atoms with Gasteiger partial charge in [0.25, 0.3) is 0 Å². The maximum atomic E-state index is 12.4. The van der Waals surface area contributed by atoms with Gasteiger partial charge in [0.2, 0.25) is 5.91 Å². The molecular weight excluding hydrogens is 242 g/mol. The Morgan fingerprint density at radius 1 is 1.21 bits per heavy atom. The zero-order valence-corrected chi connectivity index (χ0v) is 11.6. The van der Waals surface area contributed by atoms with Gasteiger partial charge in [0.05, 0.1) is 0 Å². The van der Waals surface area contributed by atoms with Gasteiger partial charge in [0, 0.05) is 25.4 Å². The third-order valence-corrected chi connectivity index (χ3v) is 4.23. The number of rotatable bonds is 6. The van der Waals surface area contributed by atoms with Crippen LogP contribution in [0.15, 0.2) is 5.16 Å². The molecule has 0 heterocycles. The Balaban J connectivity index is 1.81. The highest BCUT2D eigenvalue weighted by Crippen LogP contribution is 2.31. The van der Waals surface area contributed by atoms with Crippen LogP contribution < -0.4 is 5.73 Å². The van der Waals surface area contributed by atoms with Crippen molar-refractivity contribution in [2.24, 2.45) is 16.8 Å². The van der Waals surface area contributed by atoms with Crippen LogP contribution in [0.5, 0.6) is 0 Å². The van der Waals surface area contributed by atoms with E-state index in [9.17, 15) is 4.79 Å². The predicted octanol–water partition coefficient (Wildman–Crippen LogP) is 2.08. The number of oxime groups is 1. The van der Waals surface area contributed by atoms with E-state index in [1.165, 1.54) is 32.1 Å². The monoisotopic (exact) mass is 267 g/mol. The van der Waals surface area contributed by atoms with Crippen molar-refractivity contribution in [3.05, 3.63) is 0 Å². The fourth-order valence-corrected chi connectivity index (χ4v) is 2.94. The van der Waals surface area contributed by atoms with E-state index in [1.54, 1.807) is 0 Å². The van der Waals surface area contributed by atoms with Crippen LogP contribution in [0.2, 0.25) is 0 Å². The van der Waals surface area contributed by atoms with Crippen molar-refractivity contribution in [3.8, 4) is 0 Å². The molecule has 0 spiro atoms. The number of amides is 1. The summed E-state index contributed by atoms with van der Waals surface area (Å²) in [5, 5.41) is 11.5. The molecule has 1 amide bonds. The summed E-state index contributed by atoms with van der Waals surface area (Å²) in [6.07, 6.45) is 9.61. The van der Waals surface area contributed by atoms with Crippen LogP contribution in [0.3, 0.4) is 0 Å². The highest BCUT2D eigenvalue weighted by molar-refractivity contribution is 5.81. The SMILES string of the molecule is N/C(CCN(C(=O)CC1CCCCC1)C1CC1)=N/O. The van der Waals surface area contributed by atoms with Gasteiger partial charge in [-0.25, -0.2) is 0 Å². The van der Waals surface area contributed by atoms with Gasteiger partial charge >= 0.3 is 0 Å². The lowest BCUT2D eigenvalue weighted by molar-refractivity contribution is -0.133. The highest BCUT2D eigenvalue weighted by atomic mass is 16.4. The molecule has 0 saturated heterocycles. The molecular formula is C14H25N3O2. The van der Waals surface area contributed by atoms with Gasteiger partial charge in [-0.05, 0) is 31.6 Å². The molecule has 0 radical (unpaired) electrons. The molecule has 2 rings (SSSR count). The van der Waals surface area contributed by atoms with Crippen molar-refractivity contribution in [2.45, 2.75) is 63.8 Å². The average Bonchev–Trinajstić information content (AvgIpc) is 3.24. The number of carbonyl (C=O) groups excluding carboxylic acids is 1. The fourth-order valence-electron chi connectivity index (χ4n) is 2.94. The summed E-state index contributed by atoms with van der Waals surface area (Å²) in [7, 11) is 0. The van der Waals surface area contributed by atoms with Gasteiger partial charge in [-0.1, -0.05) is 24.4 Å². The molecule has 3 N–H and O–H groups in total. The van der Waals surface area contributed by atoms with Gasteiger partial charge in [0.1, 0.15) is 5.84 Å². The number of carbonyl (C=O) groups is 1. The summed E-state index contributed by atoms with van der Waals surface area (Å²) >= 11 is 0. The Labute approximate surface area is 114 Å². The summed E-state index contributed by atoms with van der Waals surface area (Å²) in [5.41, 5.74) is 5.49. The Morgan fingerprint density at radius 3 is 2.47 bits per heavy atom. The summed E-state index contributed by atoms with van der Waals surface area (Å²) in [6.45, 7) is 0.589. The first-order valence-corrected chi connectivity index (χ1v) is 7.46. The first-order chi connectivity index (χ1) is 9.20. The third kappa shape index (κ3) is 4.40. The smallest absolute Gasteiger partial charge is 0.223 e. The number of hydrogen-bond acceptors (Lipinski definition) is 3. The number of nitrogens with zero attached hydrogens (tertiary/aromatic N) is 2. The lowest BCUT2D eigenvalue weighted by Crippen LogP contribution is -2.37. The van der Waals surface area contributed by atoms with E-state index in [4.69, 9.17) is 10.9 Å². The van der Waals surface area contributed by atoms with Crippen LogP contribution in [0, 0.1) is 5.92 Å². The lowest BCUT2D eigenvalue weighted by atomic mass is 9.86. The van der Waals surface area contributed by atoms with E-state index in [1.807, 2.05) is 4.90 Å². The van der Waals surface area contributed by atoms with Crippen molar-refractivity contribution < 1.29 is 10.0 Å². The molecule has 0 atom stereocenters. The molecule has 2 saturated carbocycles. The normalized spacial score (nSPS) is 21.4. The largest absolute Gasteiger partial charge is 0.409 e. The van der Waals surface area contributed by atoms with E-state index in [2.05, 4.69) is 5.16 Å². The van der Waals surface area contributed by atoms with Crippen molar-refractivity contribution in [2.75, 3.05) is 6.54 Å². The topological polar surface area (TPSA) is 78.9 Å². The molecule has 0 aromatic heterocycles. The first-order valence-electron chi connectivity index (χ1n) is 7.46. The summed E-state index contributed by atoms with van der Waals surface area (Å²) in [6, 6.07) is 0.405. The van der Waals surface area contributed by atoms with E-state index >= 15 is 0 Å². The van der Waals surface area contributed by atoms with Crippen molar-refractivity contribution in [3.63, 3.8) is 0 Å². The quantitative estimate of drug-likeness (QED) is 0.335. The van der Waals surface area contributed by atoms with Crippen molar-refractivity contribution in [1.82, 2.24) is 4.90 Å². The summed E-state index contributed by atoms with van der Waals surface area (Å²) in [4.78, 5) is 14.3. The molecule has 2 aliphatic rings. The van der Waals surface area contributed by atoms with Crippen LogP contribution in [-0.4, -0.2) is 34.4 Å². The zero-order valence-electron chi connectivity index (χ0n) is 11.6. The maximum Gasteiger partial charge on any atom is 0.223 e. The molecule has 2 fully saturated rings. The Kier molecular flexibility index (Phi) is 5.05. The Hall–Kier alpha value is -1.26. The van der Waals surface area contributed by atoms with E-state index in [-0.39, 0.29) is 11.7 Å². The van der Waals surface area contributed by atoms with Crippen LogP contribution >= 0.6 is 0 Å². The maximum absolute atomic E-state index is 12.4. The highest BCUT2D eigenvalue weighted by Gasteiger charge is 2.33.